The lowest BCUT2D eigenvalue weighted by Gasteiger charge is -2.43. The molecule has 0 aliphatic carbocycles. The Kier molecular flexibility index (Phi) is 14.0. The minimum atomic E-state index is -4.45. The van der Waals surface area contributed by atoms with Crippen molar-refractivity contribution in [3.8, 4) is 0 Å². The molecule has 0 spiro atoms. The third-order valence-corrected chi connectivity index (χ3v) is 5.95. The molecule has 0 fully saturated rings. The number of nitrogens with one attached hydrogen (secondary N) is 2. The van der Waals surface area contributed by atoms with Crippen molar-refractivity contribution in [1.29, 1.82) is 0 Å². The minimum absolute atomic E-state index is 0.115. The van der Waals surface area contributed by atoms with Crippen LogP contribution in [0.2, 0.25) is 0 Å². The van der Waals surface area contributed by atoms with Crippen LogP contribution in [0, 0.1) is 5.41 Å². The van der Waals surface area contributed by atoms with Crippen LogP contribution in [-0.4, -0.2) is 80.8 Å². The second kappa shape index (κ2) is 15.1. The monoisotopic (exact) mass is 586 g/mol. The quantitative estimate of drug-likeness (QED) is 0.0913. The Morgan fingerprint density at radius 1 is 0.744 bits per heavy atom. The van der Waals surface area contributed by atoms with Crippen LogP contribution in [0.4, 0.5) is 22.8 Å². The summed E-state index contributed by atoms with van der Waals surface area (Å²) < 4.78 is 69.4. The zero-order valence-electron chi connectivity index (χ0n) is 23.0. The van der Waals surface area contributed by atoms with Crippen molar-refractivity contribution in [3.63, 3.8) is 0 Å². The van der Waals surface area contributed by atoms with E-state index in [0.717, 1.165) is 27.7 Å². The van der Waals surface area contributed by atoms with Gasteiger partial charge in [0.15, 0.2) is 0 Å². The number of halogens is 3. The largest absolute Gasteiger partial charge is 0.460 e. The third kappa shape index (κ3) is 12.7. The summed E-state index contributed by atoms with van der Waals surface area (Å²) in [6.45, 7) is 12.1. The Labute approximate surface area is 228 Å². The number of carbonyl (C=O) groups excluding carboxylic acids is 4. The highest BCUT2D eigenvalue weighted by molar-refractivity contribution is 7.18. The van der Waals surface area contributed by atoms with E-state index in [1.807, 2.05) is 0 Å². The smallest absolute Gasteiger partial charge is 0.407 e. The Hall–Kier alpha value is -2.86. The lowest BCUT2D eigenvalue weighted by molar-refractivity contribution is -0.345. The maximum atomic E-state index is 15.5. The topological polar surface area (TPSA) is 138 Å². The molecule has 2 unspecified atom stereocenters. The number of amides is 2. The summed E-state index contributed by atoms with van der Waals surface area (Å²) in [5.41, 5.74) is -3.50. The first-order valence-corrected chi connectivity index (χ1v) is 12.3. The molecule has 39 heavy (non-hydrogen) atoms. The van der Waals surface area contributed by atoms with Gasteiger partial charge >= 0.3 is 30.2 Å². The summed E-state index contributed by atoms with van der Waals surface area (Å²) in [6, 6.07) is 0. The van der Waals surface area contributed by atoms with Gasteiger partial charge in [-0.2, -0.15) is 8.78 Å². The molecular weight excluding hydrogens is 548 g/mol. The van der Waals surface area contributed by atoms with E-state index in [1.54, 1.807) is 0 Å². The van der Waals surface area contributed by atoms with Gasteiger partial charge in [0.2, 0.25) is 5.41 Å². The summed E-state index contributed by atoms with van der Waals surface area (Å²) in [4.78, 5) is 46.2. The lowest BCUT2D eigenvalue weighted by Crippen LogP contribution is -2.57. The van der Waals surface area contributed by atoms with E-state index in [4.69, 9.17) is 23.7 Å². The highest BCUT2D eigenvalue weighted by Gasteiger charge is 2.63. The first-order valence-electron chi connectivity index (χ1n) is 11.7. The van der Waals surface area contributed by atoms with E-state index in [9.17, 15) is 28.0 Å². The van der Waals surface area contributed by atoms with Crippen molar-refractivity contribution in [2.24, 2.45) is 5.41 Å². The van der Waals surface area contributed by atoms with Crippen LogP contribution >= 0.6 is 9.24 Å². The van der Waals surface area contributed by atoms with Gasteiger partial charge in [0.25, 0.3) is 0 Å². The number of rotatable bonds is 16. The highest BCUT2D eigenvalue weighted by atomic mass is 31.0. The molecule has 0 radical (unpaired) electrons. The molecule has 0 aromatic rings. The molecular formula is C24H38F3N2O9P. The van der Waals surface area contributed by atoms with E-state index < -0.39 is 59.9 Å². The fraction of sp³-hybridized carbons (Fsp3) is 0.667. The van der Waals surface area contributed by atoms with Crippen LogP contribution in [0.3, 0.4) is 0 Å². The van der Waals surface area contributed by atoms with Gasteiger partial charge in [-0.3, -0.25) is 0 Å². The fourth-order valence-electron chi connectivity index (χ4n) is 2.38. The first-order chi connectivity index (χ1) is 17.6. The summed E-state index contributed by atoms with van der Waals surface area (Å²) in [7, 11) is 1.39. The third-order valence-electron chi connectivity index (χ3n) is 4.83. The van der Waals surface area contributed by atoms with Crippen LogP contribution in [0.25, 0.3) is 0 Å². The van der Waals surface area contributed by atoms with E-state index in [0.29, 0.717) is 0 Å². The number of alkyl halides is 3. The Morgan fingerprint density at radius 2 is 1.13 bits per heavy atom. The number of hydrogen-bond acceptors (Lipinski definition) is 9. The Morgan fingerprint density at radius 3 is 1.51 bits per heavy atom. The number of ether oxygens (including phenoxy) is 5. The van der Waals surface area contributed by atoms with Crippen LogP contribution in [0.15, 0.2) is 24.3 Å². The summed E-state index contributed by atoms with van der Waals surface area (Å²) >= 11 is 0. The molecule has 15 heteroatoms. The van der Waals surface area contributed by atoms with Crippen molar-refractivity contribution in [3.05, 3.63) is 24.3 Å². The van der Waals surface area contributed by atoms with Crippen molar-refractivity contribution in [2.45, 2.75) is 58.7 Å². The molecule has 2 amide bonds. The number of esters is 2. The van der Waals surface area contributed by atoms with Crippen LogP contribution in [0.1, 0.15) is 41.5 Å². The molecule has 224 valence electrons. The predicted molar refractivity (Wildman–Crippen MR) is 138 cm³/mol. The van der Waals surface area contributed by atoms with Crippen LogP contribution < -0.4 is 10.6 Å². The Balaban J connectivity index is 4.81. The second-order valence-corrected chi connectivity index (χ2v) is 10.6. The average molecular weight is 587 g/mol. The van der Waals surface area contributed by atoms with Gasteiger partial charge < -0.3 is 34.3 Å². The molecule has 11 nitrogen and oxygen atoms in total. The van der Waals surface area contributed by atoms with E-state index in [1.165, 1.54) is 23.1 Å². The van der Waals surface area contributed by atoms with Crippen molar-refractivity contribution in [2.75, 3.05) is 39.5 Å². The molecule has 0 saturated heterocycles. The van der Waals surface area contributed by atoms with E-state index >= 15 is 4.39 Å². The highest BCUT2D eigenvalue weighted by Crippen LogP contribution is 2.52. The van der Waals surface area contributed by atoms with Gasteiger partial charge in [-0.15, -0.1) is 0 Å². The predicted octanol–water partition coefficient (Wildman–Crippen LogP) is 3.63. The normalized spacial score (nSPS) is 13.4. The van der Waals surface area contributed by atoms with Gasteiger partial charge in [-0.05, 0) is 27.7 Å². The lowest BCUT2D eigenvalue weighted by atomic mass is 9.86. The molecule has 0 rings (SSSR count). The van der Waals surface area contributed by atoms with Crippen molar-refractivity contribution < 1.29 is 56.0 Å². The van der Waals surface area contributed by atoms with Gasteiger partial charge in [0.1, 0.15) is 32.0 Å². The molecule has 2 atom stereocenters. The van der Waals surface area contributed by atoms with Crippen LogP contribution in [-0.2, 0) is 33.3 Å². The SMILES string of the molecule is C=C(C)C(=O)OCCNC(=O)OCC(C)(C)OC(F)(F)C(F)(P)C(C)(C)COC(=O)NCCOC(=O)C(=C)C. The maximum absolute atomic E-state index is 15.5. The molecule has 2 N–H and O–H groups in total. The zero-order chi connectivity index (χ0) is 30.7. The van der Waals surface area contributed by atoms with E-state index in [2.05, 4.69) is 23.8 Å². The standard InChI is InChI=1S/C24H38F3N2O9P/c1-15(2)17(30)34-11-9-28-19(32)36-13-21(5,6)23(25,39)24(26,27)38-22(7,8)14-37-20(33)29-10-12-35-18(31)16(3)4/h1,3,9-14,39H2,2,4-8H3,(H,28,32)(H,29,33). The summed E-state index contributed by atoms with van der Waals surface area (Å²) in [5, 5.41) is 1.05. The molecule has 0 aliphatic rings. The minimum Gasteiger partial charge on any atom is -0.460 e. The van der Waals surface area contributed by atoms with Gasteiger partial charge in [-0.25, -0.2) is 23.6 Å². The second-order valence-electron chi connectivity index (χ2n) is 9.81. The van der Waals surface area contributed by atoms with Gasteiger partial charge in [0.05, 0.1) is 13.1 Å². The van der Waals surface area contributed by atoms with Crippen molar-refractivity contribution >= 4 is 33.4 Å². The van der Waals surface area contributed by atoms with Gasteiger partial charge in [-0.1, -0.05) is 36.2 Å². The van der Waals surface area contributed by atoms with Crippen LogP contribution in [0.5, 0.6) is 0 Å². The summed E-state index contributed by atoms with van der Waals surface area (Å²) in [6.07, 6.45) is -6.50. The molecule has 0 aromatic heterocycles. The molecule has 0 heterocycles. The average Bonchev–Trinajstić information content (AvgIpc) is 2.80. The molecule has 0 bridgehead atoms. The maximum Gasteiger partial charge on any atom is 0.407 e. The zero-order valence-corrected chi connectivity index (χ0v) is 24.2. The number of hydrogen-bond donors (Lipinski definition) is 2. The van der Waals surface area contributed by atoms with E-state index in [-0.39, 0.29) is 37.4 Å². The Bertz CT molecular complexity index is 925. The fourth-order valence-corrected chi connectivity index (χ4v) is 2.52. The van der Waals surface area contributed by atoms with Gasteiger partial charge in [0, 0.05) is 16.6 Å². The summed E-state index contributed by atoms with van der Waals surface area (Å²) in [5.74, 6) is -1.31. The molecule has 0 aromatic carbocycles. The first kappa shape index (κ1) is 36.1. The van der Waals surface area contributed by atoms with Crippen molar-refractivity contribution in [1.82, 2.24) is 10.6 Å². The number of alkyl carbamates (subject to hydrolysis) is 2. The molecule has 0 aliphatic heterocycles. The molecule has 0 saturated carbocycles. The number of carbonyl (C=O) groups is 4.